The largest absolute Gasteiger partial charge is 0.467 e. The van der Waals surface area contributed by atoms with Crippen molar-refractivity contribution in [2.45, 2.75) is 6.54 Å². The minimum absolute atomic E-state index is 0.449. The molecule has 0 unspecified atom stereocenters. The fourth-order valence-electron chi connectivity index (χ4n) is 1.91. The zero-order valence-electron chi connectivity index (χ0n) is 11.6. The minimum atomic E-state index is 0.449. The maximum Gasteiger partial charge on any atom is 0.159 e. The number of hydrogen-bond acceptors (Lipinski definition) is 6. The topological polar surface area (TPSA) is 89.0 Å². The average Bonchev–Trinajstić information content (AvgIpc) is 3.04. The first-order valence-electron chi connectivity index (χ1n) is 6.62. The van der Waals surface area contributed by atoms with E-state index in [1.54, 1.807) is 6.26 Å². The molecule has 0 aliphatic heterocycles. The van der Waals surface area contributed by atoms with Crippen LogP contribution in [0.2, 0.25) is 0 Å². The normalized spacial score (nSPS) is 10.4. The zero-order valence-corrected chi connectivity index (χ0v) is 13.2. The Bertz CT molecular complexity index is 760. The van der Waals surface area contributed by atoms with Gasteiger partial charge in [-0.3, -0.25) is 0 Å². The molecule has 0 spiro atoms. The molecule has 0 aliphatic carbocycles. The van der Waals surface area contributed by atoms with Crippen molar-refractivity contribution in [3.63, 3.8) is 0 Å². The van der Waals surface area contributed by atoms with E-state index in [1.807, 2.05) is 36.4 Å². The number of nitrogens with two attached hydrogens (primary N) is 1. The lowest BCUT2D eigenvalue weighted by molar-refractivity contribution is 0.518. The summed E-state index contributed by atoms with van der Waals surface area (Å²) in [7, 11) is 0. The van der Waals surface area contributed by atoms with Crippen LogP contribution in [0.5, 0.6) is 0 Å². The van der Waals surface area contributed by atoms with E-state index in [4.69, 9.17) is 10.2 Å². The van der Waals surface area contributed by atoms with Crippen molar-refractivity contribution in [3.05, 3.63) is 59.2 Å². The van der Waals surface area contributed by atoms with Gasteiger partial charge in [-0.15, -0.1) is 0 Å². The molecule has 0 saturated heterocycles. The van der Waals surface area contributed by atoms with Gasteiger partial charge in [-0.05, 0) is 40.2 Å². The van der Waals surface area contributed by atoms with E-state index in [9.17, 15) is 0 Å². The van der Waals surface area contributed by atoms with Gasteiger partial charge in [-0.2, -0.15) is 0 Å². The lowest BCUT2D eigenvalue weighted by atomic mass is 10.3. The molecule has 3 rings (SSSR count). The standard InChI is InChI=1S/C15H14BrN5O/c16-11-5-1-2-6-12(11)21-15-13(17)14(19-9-20-15)18-8-10-4-3-7-22-10/h1-7,9H,8,17H2,(H2,18,19,20,21). The fourth-order valence-corrected chi connectivity index (χ4v) is 2.29. The zero-order chi connectivity index (χ0) is 15.4. The highest BCUT2D eigenvalue weighted by Crippen LogP contribution is 2.29. The van der Waals surface area contributed by atoms with Crippen LogP contribution in [0.25, 0.3) is 0 Å². The first-order chi connectivity index (χ1) is 10.7. The fraction of sp³-hybridized carbons (Fsp3) is 0.0667. The first-order valence-corrected chi connectivity index (χ1v) is 7.41. The van der Waals surface area contributed by atoms with Crippen LogP contribution in [0, 0.1) is 0 Å². The molecule has 0 bridgehead atoms. The maximum absolute atomic E-state index is 6.12. The number of nitrogens with zero attached hydrogens (tertiary/aromatic N) is 2. The van der Waals surface area contributed by atoms with E-state index in [0.717, 1.165) is 15.9 Å². The van der Waals surface area contributed by atoms with Gasteiger partial charge in [0.05, 0.1) is 18.5 Å². The quantitative estimate of drug-likeness (QED) is 0.642. The number of hydrogen-bond donors (Lipinski definition) is 3. The van der Waals surface area contributed by atoms with Gasteiger partial charge in [-0.25, -0.2) is 9.97 Å². The van der Waals surface area contributed by atoms with Crippen LogP contribution in [0.3, 0.4) is 0 Å². The molecular weight excluding hydrogens is 346 g/mol. The molecule has 1 aromatic carbocycles. The Balaban J connectivity index is 1.78. The summed E-state index contributed by atoms with van der Waals surface area (Å²) < 4.78 is 6.20. The Kier molecular flexibility index (Phi) is 4.24. The van der Waals surface area contributed by atoms with E-state index in [-0.39, 0.29) is 0 Å². The highest BCUT2D eigenvalue weighted by molar-refractivity contribution is 9.10. The van der Waals surface area contributed by atoms with Gasteiger partial charge in [0.25, 0.3) is 0 Å². The lowest BCUT2D eigenvalue weighted by Gasteiger charge is -2.12. The first kappa shape index (κ1) is 14.4. The van der Waals surface area contributed by atoms with Crippen LogP contribution >= 0.6 is 15.9 Å². The summed E-state index contributed by atoms with van der Waals surface area (Å²) in [6, 6.07) is 11.5. The third-order valence-electron chi connectivity index (χ3n) is 3.02. The second-order valence-corrected chi connectivity index (χ2v) is 5.38. The molecular formula is C15H14BrN5O. The van der Waals surface area contributed by atoms with E-state index < -0.39 is 0 Å². The number of benzene rings is 1. The molecule has 0 fully saturated rings. The minimum Gasteiger partial charge on any atom is -0.467 e. The van der Waals surface area contributed by atoms with Gasteiger partial charge in [-0.1, -0.05) is 12.1 Å². The van der Waals surface area contributed by atoms with E-state index in [0.29, 0.717) is 23.9 Å². The van der Waals surface area contributed by atoms with Crippen LogP contribution in [-0.2, 0) is 6.54 Å². The summed E-state index contributed by atoms with van der Waals surface area (Å²) in [5.41, 5.74) is 7.45. The smallest absolute Gasteiger partial charge is 0.159 e. The number of rotatable bonds is 5. The van der Waals surface area contributed by atoms with Crippen molar-refractivity contribution in [1.29, 1.82) is 0 Å². The van der Waals surface area contributed by atoms with Crippen molar-refractivity contribution in [1.82, 2.24) is 9.97 Å². The van der Waals surface area contributed by atoms with E-state index in [1.165, 1.54) is 6.33 Å². The van der Waals surface area contributed by atoms with Gasteiger partial charge in [0.1, 0.15) is 17.8 Å². The average molecular weight is 360 g/mol. The summed E-state index contributed by atoms with van der Waals surface area (Å²) in [6.07, 6.45) is 3.08. The summed E-state index contributed by atoms with van der Waals surface area (Å²) in [4.78, 5) is 8.35. The highest BCUT2D eigenvalue weighted by Gasteiger charge is 2.09. The molecule has 6 nitrogen and oxygen atoms in total. The molecule has 0 saturated carbocycles. The van der Waals surface area contributed by atoms with Crippen molar-refractivity contribution in [3.8, 4) is 0 Å². The van der Waals surface area contributed by atoms with Crippen molar-refractivity contribution in [2.24, 2.45) is 0 Å². The predicted molar refractivity (Wildman–Crippen MR) is 89.9 cm³/mol. The van der Waals surface area contributed by atoms with Crippen LogP contribution < -0.4 is 16.4 Å². The number of aromatic nitrogens is 2. The highest BCUT2D eigenvalue weighted by atomic mass is 79.9. The Morgan fingerprint density at radius 2 is 1.91 bits per heavy atom. The molecule has 3 aromatic rings. The van der Waals surface area contributed by atoms with Gasteiger partial charge >= 0.3 is 0 Å². The molecule has 2 heterocycles. The monoisotopic (exact) mass is 359 g/mol. The van der Waals surface area contributed by atoms with Gasteiger partial charge in [0, 0.05) is 4.47 Å². The van der Waals surface area contributed by atoms with Gasteiger partial charge in [0.15, 0.2) is 11.6 Å². The van der Waals surface area contributed by atoms with Crippen LogP contribution in [0.4, 0.5) is 23.0 Å². The third kappa shape index (κ3) is 3.20. The Morgan fingerprint density at radius 3 is 2.68 bits per heavy atom. The van der Waals surface area contributed by atoms with Gasteiger partial charge in [0.2, 0.25) is 0 Å². The predicted octanol–water partition coefficient (Wildman–Crippen LogP) is 3.77. The van der Waals surface area contributed by atoms with Crippen LogP contribution in [-0.4, -0.2) is 9.97 Å². The Morgan fingerprint density at radius 1 is 1.09 bits per heavy atom. The molecule has 112 valence electrons. The number of para-hydroxylation sites is 1. The Hall–Kier alpha value is -2.54. The third-order valence-corrected chi connectivity index (χ3v) is 3.71. The van der Waals surface area contributed by atoms with E-state index >= 15 is 0 Å². The van der Waals surface area contributed by atoms with Crippen LogP contribution in [0.15, 0.2) is 57.9 Å². The number of anilines is 4. The van der Waals surface area contributed by atoms with E-state index in [2.05, 4.69) is 36.5 Å². The van der Waals surface area contributed by atoms with Crippen molar-refractivity contribution in [2.75, 3.05) is 16.4 Å². The summed E-state index contributed by atoms with van der Waals surface area (Å²) in [5, 5.41) is 6.32. The number of nitrogen functional groups attached to an aromatic ring is 1. The molecule has 4 N–H and O–H groups in total. The second-order valence-electron chi connectivity index (χ2n) is 4.52. The van der Waals surface area contributed by atoms with Crippen molar-refractivity contribution < 1.29 is 4.42 Å². The maximum atomic E-state index is 6.12. The number of furan rings is 1. The van der Waals surface area contributed by atoms with Crippen molar-refractivity contribution >= 4 is 38.9 Å². The number of nitrogens with one attached hydrogen (secondary N) is 2. The Labute approximate surface area is 135 Å². The van der Waals surface area contributed by atoms with Gasteiger partial charge < -0.3 is 20.8 Å². The summed E-state index contributed by atoms with van der Waals surface area (Å²) in [6.45, 7) is 0.503. The second kappa shape index (κ2) is 6.48. The summed E-state index contributed by atoms with van der Waals surface area (Å²) >= 11 is 3.48. The molecule has 7 heteroatoms. The van der Waals surface area contributed by atoms with Crippen LogP contribution in [0.1, 0.15) is 5.76 Å². The molecule has 2 aromatic heterocycles. The summed E-state index contributed by atoms with van der Waals surface area (Å²) in [5.74, 6) is 1.91. The molecule has 22 heavy (non-hydrogen) atoms. The molecule has 0 amide bonds. The molecule has 0 aliphatic rings. The number of halogens is 1. The molecule has 0 radical (unpaired) electrons. The lowest BCUT2D eigenvalue weighted by Crippen LogP contribution is -2.07. The molecule has 0 atom stereocenters. The SMILES string of the molecule is Nc1c(NCc2ccco2)ncnc1Nc1ccccc1Br.